The minimum absolute atomic E-state index is 0.0948. The fourth-order valence-corrected chi connectivity index (χ4v) is 1.14. The van der Waals surface area contributed by atoms with Crippen molar-refractivity contribution in [3.05, 3.63) is 51.3 Å². The number of nitro groups is 1. The van der Waals surface area contributed by atoms with E-state index in [1.807, 2.05) is 0 Å². The number of nitro benzene ring substituents is 1. The molecule has 0 fully saturated rings. The van der Waals surface area contributed by atoms with Gasteiger partial charge in [0.15, 0.2) is 0 Å². The number of benzene rings is 1. The quantitative estimate of drug-likeness (QED) is 0.589. The largest absolute Gasteiger partial charge is 0.269 e. The van der Waals surface area contributed by atoms with Gasteiger partial charge in [-0.3, -0.25) is 10.1 Å². The topological polar surface area (TPSA) is 43.1 Å². The van der Waals surface area contributed by atoms with Crippen LogP contribution in [0, 0.1) is 17.0 Å². The third-order valence-electron chi connectivity index (χ3n) is 1.43. The van der Waals surface area contributed by atoms with E-state index in [-0.39, 0.29) is 5.69 Å². The molecule has 0 saturated carbocycles. The molecule has 0 aliphatic carbocycles. The van der Waals surface area contributed by atoms with Gasteiger partial charge >= 0.3 is 0 Å². The van der Waals surface area contributed by atoms with Crippen LogP contribution in [0.25, 0.3) is 6.08 Å². The Labute approximate surface area is 84.4 Å². The lowest BCUT2D eigenvalue weighted by atomic mass is 10.2. The number of nitrogens with zero attached hydrogens (tertiary/aromatic N) is 1. The van der Waals surface area contributed by atoms with Crippen molar-refractivity contribution in [2.45, 2.75) is 0 Å². The highest BCUT2D eigenvalue weighted by molar-refractivity contribution is 9.11. The van der Waals surface area contributed by atoms with Crippen LogP contribution in [0.1, 0.15) is 5.56 Å². The van der Waals surface area contributed by atoms with E-state index in [9.17, 15) is 10.1 Å². The number of rotatable bonds is 2. The highest BCUT2D eigenvalue weighted by atomic mass is 79.9. The van der Waals surface area contributed by atoms with Crippen molar-refractivity contribution in [3.63, 3.8) is 0 Å². The van der Waals surface area contributed by atoms with Crippen molar-refractivity contribution >= 4 is 27.7 Å². The summed E-state index contributed by atoms with van der Waals surface area (Å²) in [4.78, 5) is 9.88. The van der Waals surface area contributed by atoms with Crippen molar-refractivity contribution in [2.75, 3.05) is 0 Å². The first-order valence-electron chi connectivity index (χ1n) is 3.53. The predicted octanol–water partition coefficient (Wildman–Crippen LogP) is 3.16. The smallest absolute Gasteiger partial charge is 0.258 e. The van der Waals surface area contributed by atoms with Gasteiger partial charge < -0.3 is 0 Å². The van der Waals surface area contributed by atoms with Gasteiger partial charge in [-0.05, 0) is 35.2 Å². The zero-order valence-corrected chi connectivity index (χ0v) is 8.32. The molecular weight excluding hydrogens is 234 g/mol. The van der Waals surface area contributed by atoms with Crippen LogP contribution >= 0.6 is 15.9 Å². The van der Waals surface area contributed by atoms with Crippen molar-refractivity contribution in [3.8, 4) is 0 Å². The number of hydrogen-bond donors (Lipinski definition) is 0. The van der Waals surface area contributed by atoms with Gasteiger partial charge in [0.2, 0.25) is 0 Å². The Bertz CT molecular complexity index is 339. The summed E-state index contributed by atoms with van der Waals surface area (Å²) >= 11 is 3.17. The molecule has 0 N–H and O–H groups in total. The second kappa shape index (κ2) is 4.18. The van der Waals surface area contributed by atoms with Crippen molar-refractivity contribution < 1.29 is 4.92 Å². The maximum Gasteiger partial charge on any atom is 0.269 e. The standard InChI is InChI=1S/C9H7BrNO2/c1-7(10)6-8-2-4-9(5-3-8)11(12)13/h2-6H,1H2. The number of allylic oxidation sites excluding steroid dienone is 1. The lowest BCUT2D eigenvalue weighted by Crippen LogP contribution is -1.86. The summed E-state index contributed by atoms with van der Waals surface area (Å²) in [5.74, 6) is 0. The number of hydrogen-bond acceptors (Lipinski definition) is 2. The molecule has 0 amide bonds. The summed E-state index contributed by atoms with van der Waals surface area (Å²) in [6.45, 7) is 3.64. The predicted molar refractivity (Wildman–Crippen MR) is 55.4 cm³/mol. The van der Waals surface area contributed by atoms with Gasteiger partial charge in [-0.25, -0.2) is 0 Å². The highest BCUT2D eigenvalue weighted by Gasteiger charge is 2.02. The summed E-state index contributed by atoms with van der Waals surface area (Å²) in [5.41, 5.74) is 0.977. The van der Waals surface area contributed by atoms with Gasteiger partial charge in [-0.2, -0.15) is 0 Å². The third kappa shape index (κ3) is 2.99. The van der Waals surface area contributed by atoms with E-state index in [4.69, 9.17) is 0 Å². The minimum Gasteiger partial charge on any atom is -0.258 e. The maximum absolute atomic E-state index is 10.3. The van der Waals surface area contributed by atoms with Crippen LogP contribution < -0.4 is 0 Å². The minimum atomic E-state index is -0.424. The summed E-state index contributed by atoms with van der Waals surface area (Å²) in [5, 5.41) is 10.3. The Morgan fingerprint density at radius 2 is 2.00 bits per heavy atom. The summed E-state index contributed by atoms with van der Waals surface area (Å²) in [6.07, 6.45) is 1.78. The molecule has 0 spiro atoms. The van der Waals surface area contributed by atoms with Gasteiger partial charge in [0.25, 0.3) is 5.69 Å². The molecule has 1 aromatic carbocycles. The molecule has 0 unspecified atom stereocenters. The SMILES string of the molecule is [CH2]C(Br)=Cc1ccc([N+](=O)[O-])cc1. The lowest BCUT2D eigenvalue weighted by molar-refractivity contribution is -0.384. The molecule has 3 nitrogen and oxygen atoms in total. The molecule has 13 heavy (non-hydrogen) atoms. The second-order valence-corrected chi connectivity index (χ2v) is 3.46. The molecule has 0 aliphatic heterocycles. The van der Waals surface area contributed by atoms with E-state index in [1.165, 1.54) is 12.1 Å². The zero-order chi connectivity index (χ0) is 9.84. The van der Waals surface area contributed by atoms with Crippen LogP contribution in [-0.4, -0.2) is 4.92 Å². The second-order valence-electron chi connectivity index (χ2n) is 2.44. The average Bonchev–Trinajstić information content (AvgIpc) is 2.04. The van der Waals surface area contributed by atoms with E-state index >= 15 is 0 Å². The van der Waals surface area contributed by atoms with Crippen LogP contribution in [-0.2, 0) is 0 Å². The molecular formula is C9H7BrNO2. The van der Waals surface area contributed by atoms with E-state index in [0.29, 0.717) is 0 Å². The van der Waals surface area contributed by atoms with Crippen LogP contribution in [0.2, 0.25) is 0 Å². The molecule has 0 atom stereocenters. The number of non-ortho nitro benzene ring substituents is 1. The van der Waals surface area contributed by atoms with E-state index in [0.717, 1.165) is 10.0 Å². The van der Waals surface area contributed by atoms with Crippen molar-refractivity contribution in [2.24, 2.45) is 0 Å². The normalized spacial score (nSPS) is 11.4. The zero-order valence-electron chi connectivity index (χ0n) is 6.74. The molecule has 4 heteroatoms. The van der Waals surface area contributed by atoms with Gasteiger partial charge in [-0.15, -0.1) is 0 Å². The molecule has 0 heterocycles. The molecule has 0 bridgehead atoms. The van der Waals surface area contributed by atoms with Gasteiger partial charge in [0.05, 0.1) is 4.92 Å². The van der Waals surface area contributed by atoms with Gasteiger partial charge in [0, 0.05) is 12.1 Å². The maximum atomic E-state index is 10.3. The van der Waals surface area contributed by atoms with E-state index in [2.05, 4.69) is 22.9 Å². The molecule has 1 aromatic rings. The van der Waals surface area contributed by atoms with E-state index < -0.39 is 4.92 Å². The van der Waals surface area contributed by atoms with Gasteiger partial charge in [0.1, 0.15) is 0 Å². The Kier molecular flexibility index (Phi) is 3.19. The average molecular weight is 241 g/mol. The van der Waals surface area contributed by atoms with Crippen molar-refractivity contribution in [1.29, 1.82) is 0 Å². The Balaban J connectivity index is 2.94. The van der Waals surface area contributed by atoms with Gasteiger partial charge in [-0.1, -0.05) is 15.9 Å². The Morgan fingerprint density at radius 1 is 1.46 bits per heavy atom. The summed E-state index contributed by atoms with van der Waals surface area (Å²) in [6, 6.07) is 6.26. The fourth-order valence-electron chi connectivity index (χ4n) is 0.873. The monoisotopic (exact) mass is 240 g/mol. The molecule has 0 aromatic heterocycles. The van der Waals surface area contributed by atoms with Crippen LogP contribution in [0.4, 0.5) is 5.69 Å². The third-order valence-corrected chi connectivity index (χ3v) is 1.66. The number of halogens is 1. The molecule has 67 valence electrons. The van der Waals surface area contributed by atoms with Crippen LogP contribution in [0.5, 0.6) is 0 Å². The Morgan fingerprint density at radius 3 is 2.38 bits per heavy atom. The molecule has 1 radical (unpaired) electrons. The first-order valence-corrected chi connectivity index (χ1v) is 4.32. The fraction of sp³-hybridized carbons (Fsp3) is 0. The molecule has 0 saturated heterocycles. The first kappa shape index (κ1) is 9.92. The van der Waals surface area contributed by atoms with Crippen LogP contribution in [0.3, 0.4) is 0 Å². The van der Waals surface area contributed by atoms with Crippen molar-refractivity contribution in [1.82, 2.24) is 0 Å². The summed E-state index contributed by atoms with van der Waals surface area (Å²) in [7, 11) is 0. The lowest BCUT2D eigenvalue weighted by Gasteiger charge is -1.93. The highest BCUT2D eigenvalue weighted by Crippen LogP contribution is 2.15. The Hall–Kier alpha value is -1.16. The van der Waals surface area contributed by atoms with E-state index in [1.54, 1.807) is 18.2 Å². The molecule has 1 rings (SSSR count). The molecule has 0 aliphatic rings. The van der Waals surface area contributed by atoms with Crippen LogP contribution in [0.15, 0.2) is 28.7 Å². The first-order chi connectivity index (χ1) is 6.09. The summed E-state index contributed by atoms with van der Waals surface area (Å²) < 4.78 is 0.737.